The molecule has 1 saturated heterocycles. The van der Waals surface area contributed by atoms with Crippen molar-refractivity contribution in [2.24, 2.45) is 0 Å². The number of likely N-dealkylation sites (tertiary alicyclic amines) is 1. The second-order valence-electron chi connectivity index (χ2n) is 6.49. The second kappa shape index (κ2) is 7.96. The van der Waals surface area contributed by atoms with E-state index in [9.17, 15) is 9.59 Å². The first-order valence-corrected chi connectivity index (χ1v) is 8.71. The van der Waals surface area contributed by atoms with E-state index >= 15 is 0 Å². The molecule has 1 aromatic carbocycles. The highest BCUT2D eigenvalue weighted by molar-refractivity contribution is 5.82. The molecule has 2 amide bonds. The van der Waals surface area contributed by atoms with Crippen molar-refractivity contribution in [2.45, 2.75) is 38.8 Å². The van der Waals surface area contributed by atoms with Crippen molar-refractivity contribution in [3.63, 3.8) is 0 Å². The van der Waals surface area contributed by atoms with Crippen LogP contribution in [0.3, 0.4) is 0 Å². The summed E-state index contributed by atoms with van der Waals surface area (Å²) in [5.41, 5.74) is 2.26. The lowest BCUT2D eigenvalue weighted by atomic mass is 10.1. The van der Waals surface area contributed by atoms with Gasteiger partial charge in [-0.3, -0.25) is 14.3 Å². The first-order chi connectivity index (χ1) is 12.1. The van der Waals surface area contributed by atoms with Gasteiger partial charge in [0, 0.05) is 44.4 Å². The summed E-state index contributed by atoms with van der Waals surface area (Å²) in [4.78, 5) is 26.1. The average Bonchev–Trinajstić information content (AvgIpc) is 3.17. The van der Waals surface area contributed by atoms with Crippen LogP contribution in [0.4, 0.5) is 0 Å². The van der Waals surface area contributed by atoms with Crippen molar-refractivity contribution >= 4 is 11.8 Å². The fourth-order valence-corrected chi connectivity index (χ4v) is 3.13. The van der Waals surface area contributed by atoms with E-state index in [1.54, 1.807) is 6.20 Å². The van der Waals surface area contributed by atoms with Crippen molar-refractivity contribution in [3.8, 4) is 0 Å². The third-order valence-corrected chi connectivity index (χ3v) is 4.57. The molecule has 1 N–H and O–H groups in total. The zero-order valence-corrected chi connectivity index (χ0v) is 14.5. The van der Waals surface area contributed by atoms with E-state index in [1.807, 2.05) is 40.8 Å². The molecule has 0 bridgehead atoms. The number of aromatic nitrogens is 2. The van der Waals surface area contributed by atoms with Gasteiger partial charge in [-0.25, -0.2) is 0 Å². The van der Waals surface area contributed by atoms with Gasteiger partial charge in [-0.15, -0.1) is 0 Å². The van der Waals surface area contributed by atoms with Crippen LogP contribution < -0.4 is 5.32 Å². The minimum atomic E-state index is -0.0884. The van der Waals surface area contributed by atoms with E-state index in [1.165, 1.54) is 5.56 Å². The van der Waals surface area contributed by atoms with E-state index in [0.29, 0.717) is 32.5 Å². The van der Waals surface area contributed by atoms with E-state index in [4.69, 9.17) is 0 Å². The zero-order chi connectivity index (χ0) is 17.6. The average molecular weight is 340 g/mol. The highest BCUT2D eigenvalue weighted by Gasteiger charge is 2.30. The quantitative estimate of drug-likeness (QED) is 0.831. The number of carbonyl (C=O) groups is 2. The van der Waals surface area contributed by atoms with Crippen molar-refractivity contribution in [1.82, 2.24) is 20.0 Å². The number of nitrogens with one attached hydrogen (secondary N) is 1. The molecule has 1 fully saturated rings. The number of nitrogens with zero attached hydrogens (tertiary/aromatic N) is 3. The number of hydrogen-bond acceptors (Lipinski definition) is 3. The maximum Gasteiger partial charge on any atom is 0.224 e. The first kappa shape index (κ1) is 17.2. The molecule has 1 aromatic heterocycles. The van der Waals surface area contributed by atoms with E-state index < -0.39 is 0 Å². The summed E-state index contributed by atoms with van der Waals surface area (Å²) >= 11 is 0. The molecule has 1 aliphatic heterocycles. The first-order valence-electron chi connectivity index (χ1n) is 8.71. The van der Waals surface area contributed by atoms with Crippen LogP contribution in [0.15, 0.2) is 42.6 Å². The molecule has 0 saturated carbocycles. The number of carbonyl (C=O) groups excluding carboxylic acids is 2. The fourth-order valence-electron chi connectivity index (χ4n) is 3.13. The summed E-state index contributed by atoms with van der Waals surface area (Å²) in [6, 6.07) is 12.0. The molecule has 0 aliphatic carbocycles. The standard InChI is InChI=1S/C19H24N4O2/c1-15-7-10-20-23(15)12-9-18(24)21-17-13-19(25)22(14-17)11-8-16-5-3-2-4-6-16/h2-7,10,17H,8-9,11-14H2,1H3,(H,21,24)/t17-/m1/s1. The Kier molecular flexibility index (Phi) is 5.48. The van der Waals surface area contributed by atoms with Gasteiger partial charge in [0.05, 0.1) is 6.04 Å². The summed E-state index contributed by atoms with van der Waals surface area (Å²) in [7, 11) is 0. The van der Waals surface area contributed by atoms with Gasteiger partial charge in [0.1, 0.15) is 0 Å². The maximum absolute atomic E-state index is 12.1. The van der Waals surface area contributed by atoms with Crippen molar-refractivity contribution in [3.05, 3.63) is 53.9 Å². The second-order valence-corrected chi connectivity index (χ2v) is 6.49. The molecule has 132 valence electrons. The van der Waals surface area contributed by atoms with Gasteiger partial charge >= 0.3 is 0 Å². The van der Waals surface area contributed by atoms with Gasteiger partial charge in [0.2, 0.25) is 11.8 Å². The molecule has 1 aliphatic rings. The fraction of sp³-hybridized carbons (Fsp3) is 0.421. The molecular formula is C19H24N4O2. The minimum Gasteiger partial charge on any atom is -0.351 e. The highest BCUT2D eigenvalue weighted by Crippen LogP contribution is 2.13. The predicted molar refractivity (Wildman–Crippen MR) is 94.9 cm³/mol. The molecule has 0 spiro atoms. The van der Waals surface area contributed by atoms with E-state index in [0.717, 1.165) is 12.1 Å². The number of benzene rings is 1. The maximum atomic E-state index is 12.1. The Hall–Kier alpha value is -2.63. The van der Waals surface area contributed by atoms with Crippen LogP contribution >= 0.6 is 0 Å². The lowest BCUT2D eigenvalue weighted by Crippen LogP contribution is -2.37. The summed E-state index contributed by atoms with van der Waals surface area (Å²) in [6.45, 7) is 3.81. The molecule has 0 radical (unpaired) electrons. The van der Waals surface area contributed by atoms with Gasteiger partial charge in [0.25, 0.3) is 0 Å². The van der Waals surface area contributed by atoms with Crippen molar-refractivity contribution in [2.75, 3.05) is 13.1 Å². The van der Waals surface area contributed by atoms with Crippen LogP contribution in [0.5, 0.6) is 0 Å². The monoisotopic (exact) mass is 340 g/mol. The molecule has 3 rings (SSSR count). The highest BCUT2D eigenvalue weighted by atomic mass is 16.2. The summed E-state index contributed by atoms with van der Waals surface area (Å²) < 4.78 is 1.81. The normalized spacial score (nSPS) is 17.1. The Labute approximate surface area is 147 Å². The van der Waals surface area contributed by atoms with Gasteiger partial charge in [-0.05, 0) is 25.0 Å². The third-order valence-electron chi connectivity index (χ3n) is 4.57. The lowest BCUT2D eigenvalue weighted by Gasteiger charge is -2.17. The number of aryl methyl sites for hydroxylation is 2. The van der Waals surface area contributed by atoms with Gasteiger partial charge < -0.3 is 10.2 Å². The van der Waals surface area contributed by atoms with Gasteiger partial charge in [-0.1, -0.05) is 30.3 Å². The van der Waals surface area contributed by atoms with Crippen molar-refractivity contribution in [1.29, 1.82) is 0 Å². The Balaban J connectivity index is 1.42. The molecule has 2 heterocycles. The lowest BCUT2D eigenvalue weighted by molar-refractivity contribution is -0.127. The number of amides is 2. The largest absolute Gasteiger partial charge is 0.351 e. The molecular weight excluding hydrogens is 316 g/mol. The molecule has 0 unspecified atom stereocenters. The number of rotatable bonds is 7. The SMILES string of the molecule is Cc1ccnn1CCC(=O)N[C@@H]1CC(=O)N(CCc2ccccc2)C1. The topological polar surface area (TPSA) is 67.2 Å². The predicted octanol–water partition coefficient (Wildman–Crippen LogP) is 1.54. The summed E-state index contributed by atoms with van der Waals surface area (Å²) in [5.74, 6) is 0.0850. The van der Waals surface area contributed by atoms with Crippen LogP contribution in [-0.4, -0.2) is 45.6 Å². The van der Waals surface area contributed by atoms with Crippen LogP contribution in [-0.2, 0) is 22.6 Å². The van der Waals surface area contributed by atoms with Crippen LogP contribution in [0.25, 0.3) is 0 Å². The molecule has 25 heavy (non-hydrogen) atoms. The van der Waals surface area contributed by atoms with Gasteiger partial charge in [-0.2, -0.15) is 5.10 Å². The van der Waals surface area contributed by atoms with Gasteiger partial charge in [0.15, 0.2) is 0 Å². The van der Waals surface area contributed by atoms with Crippen LogP contribution in [0.1, 0.15) is 24.1 Å². The number of hydrogen-bond donors (Lipinski definition) is 1. The molecule has 2 aromatic rings. The third kappa shape index (κ3) is 4.68. The Morgan fingerprint density at radius 3 is 2.76 bits per heavy atom. The molecule has 6 nitrogen and oxygen atoms in total. The Morgan fingerprint density at radius 1 is 1.24 bits per heavy atom. The minimum absolute atomic E-state index is 0.0300. The Morgan fingerprint density at radius 2 is 2.04 bits per heavy atom. The van der Waals surface area contributed by atoms with E-state index in [2.05, 4.69) is 22.5 Å². The zero-order valence-electron chi connectivity index (χ0n) is 14.5. The molecule has 6 heteroatoms. The van der Waals surface area contributed by atoms with Crippen molar-refractivity contribution < 1.29 is 9.59 Å². The Bertz CT molecular complexity index is 726. The summed E-state index contributed by atoms with van der Waals surface area (Å²) in [5, 5.41) is 7.15. The van der Waals surface area contributed by atoms with Crippen LogP contribution in [0, 0.1) is 6.92 Å². The smallest absolute Gasteiger partial charge is 0.224 e. The van der Waals surface area contributed by atoms with E-state index in [-0.39, 0.29) is 17.9 Å². The molecule has 1 atom stereocenters. The summed E-state index contributed by atoms with van der Waals surface area (Å²) in [6.07, 6.45) is 3.33. The van der Waals surface area contributed by atoms with Crippen LogP contribution in [0.2, 0.25) is 0 Å².